The van der Waals surface area contributed by atoms with Crippen molar-refractivity contribution >= 4 is 26.6 Å². The number of anilines is 1. The molecule has 27 heavy (non-hydrogen) atoms. The van der Waals surface area contributed by atoms with E-state index in [1.807, 2.05) is 0 Å². The number of nitrogens with zero attached hydrogens (tertiary/aromatic N) is 1. The minimum absolute atomic E-state index is 0.0972. The molecule has 10 nitrogen and oxygen atoms in total. The number of hydrogen-bond donors (Lipinski definition) is 6. The monoisotopic (exact) mass is 401 g/mol. The van der Waals surface area contributed by atoms with Crippen LogP contribution in [0.3, 0.4) is 0 Å². The highest BCUT2D eigenvalue weighted by atomic mass is 32.2. The van der Waals surface area contributed by atoms with Crippen LogP contribution in [0.4, 0.5) is 5.69 Å². The summed E-state index contributed by atoms with van der Waals surface area (Å²) in [5.41, 5.74) is 1.04. The molecule has 1 aromatic heterocycles. The van der Waals surface area contributed by atoms with Crippen LogP contribution in [0.1, 0.15) is 0 Å². The summed E-state index contributed by atoms with van der Waals surface area (Å²) in [6.45, 7) is -0.537. The molecule has 5 atom stereocenters. The van der Waals surface area contributed by atoms with Crippen molar-refractivity contribution in [2.75, 3.05) is 26.0 Å². The molecule has 1 fully saturated rings. The second-order valence-corrected chi connectivity index (χ2v) is 8.71. The van der Waals surface area contributed by atoms with Crippen LogP contribution in [-0.2, 0) is 14.8 Å². The van der Waals surface area contributed by atoms with E-state index in [9.17, 15) is 28.8 Å². The highest BCUT2D eigenvalue weighted by Crippen LogP contribution is 2.29. The van der Waals surface area contributed by atoms with Crippen LogP contribution in [0.5, 0.6) is 0 Å². The van der Waals surface area contributed by atoms with Gasteiger partial charge < -0.3 is 35.5 Å². The number of sulfonamides is 1. The summed E-state index contributed by atoms with van der Waals surface area (Å²) in [5.74, 6) is 0. The molecule has 0 unspecified atom stereocenters. The van der Waals surface area contributed by atoms with E-state index in [0.29, 0.717) is 16.6 Å². The summed E-state index contributed by atoms with van der Waals surface area (Å²) in [6, 6.07) is 4.88. The van der Waals surface area contributed by atoms with Crippen LogP contribution in [0.2, 0.25) is 0 Å². The number of aliphatic hydroxyl groups is 4. The predicted molar refractivity (Wildman–Crippen MR) is 96.6 cm³/mol. The number of rotatable bonds is 5. The van der Waals surface area contributed by atoms with Crippen LogP contribution in [0, 0.1) is 0 Å². The molecule has 6 N–H and O–H groups in total. The topological polar surface area (TPSA) is 155 Å². The lowest BCUT2D eigenvalue weighted by atomic mass is 9.98. The molecular weight excluding hydrogens is 378 g/mol. The Morgan fingerprint density at radius 2 is 1.89 bits per heavy atom. The summed E-state index contributed by atoms with van der Waals surface area (Å²) < 4.78 is 31.4. The molecule has 1 aliphatic rings. The van der Waals surface area contributed by atoms with Crippen LogP contribution in [0.15, 0.2) is 29.3 Å². The molecule has 0 saturated carbocycles. The highest BCUT2D eigenvalue weighted by molar-refractivity contribution is 7.89. The van der Waals surface area contributed by atoms with Gasteiger partial charge in [0.15, 0.2) is 6.23 Å². The van der Waals surface area contributed by atoms with Crippen molar-refractivity contribution in [3.8, 4) is 0 Å². The van der Waals surface area contributed by atoms with E-state index in [1.54, 1.807) is 18.2 Å². The SMILES string of the molecule is CN(C)S(=O)(=O)c1c[nH]c2ccc(N[C@H]3O[C@H](CO)[C@@H](O)[C@H](O)[C@H]3O)cc12. The lowest BCUT2D eigenvalue weighted by Crippen LogP contribution is -2.60. The van der Waals surface area contributed by atoms with E-state index >= 15 is 0 Å². The molecule has 0 radical (unpaired) electrons. The Labute approximate surface area is 156 Å². The van der Waals surface area contributed by atoms with Crippen LogP contribution in [0.25, 0.3) is 10.9 Å². The molecule has 1 aromatic carbocycles. The van der Waals surface area contributed by atoms with Gasteiger partial charge in [-0.1, -0.05) is 0 Å². The van der Waals surface area contributed by atoms with Crippen molar-refractivity contribution in [3.63, 3.8) is 0 Å². The zero-order valence-electron chi connectivity index (χ0n) is 14.8. The molecule has 0 aliphatic carbocycles. The van der Waals surface area contributed by atoms with E-state index < -0.39 is 47.3 Å². The minimum atomic E-state index is -3.66. The van der Waals surface area contributed by atoms with Crippen LogP contribution in [-0.4, -0.2) is 89.5 Å². The largest absolute Gasteiger partial charge is 0.394 e. The number of H-pyrrole nitrogens is 1. The molecular formula is C16H23N3O7S. The second-order valence-electron chi connectivity index (χ2n) is 6.59. The molecule has 0 bridgehead atoms. The van der Waals surface area contributed by atoms with Gasteiger partial charge in [0, 0.05) is 36.9 Å². The minimum Gasteiger partial charge on any atom is -0.394 e. The van der Waals surface area contributed by atoms with Gasteiger partial charge in [-0.05, 0) is 18.2 Å². The zero-order valence-corrected chi connectivity index (χ0v) is 15.6. The summed E-state index contributed by atoms with van der Waals surface area (Å²) in [7, 11) is -0.793. The average Bonchev–Trinajstić information content (AvgIpc) is 3.06. The van der Waals surface area contributed by atoms with Crippen molar-refractivity contribution in [1.82, 2.24) is 9.29 Å². The van der Waals surface area contributed by atoms with Gasteiger partial charge in [0.05, 0.1) is 6.61 Å². The van der Waals surface area contributed by atoms with E-state index in [0.717, 1.165) is 4.31 Å². The first kappa shape index (κ1) is 20.0. The fourth-order valence-corrected chi connectivity index (χ4v) is 4.03. The number of aromatic nitrogens is 1. The van der Waals surface area contributed by atoms with Gasteiger partial charge in [0.1, 0.15) is 29.3 Å². The van der Waals surface area contributed by atoms with Gasteiger partial charge in [0.25, 0.3) is 0 Å². The van der Waals surface area contributed by atoms with Gasteiger partial charge in [-0.2, -0.15) is 0 Å². The third-order valence-corrected chi connectivity index (χ3v) is 6.46. The van der Waals surface area contributed by atoms with Crippen LogP contribution >= 0.6 is 0 Å². The lowest BCUT2D eigenvalue weighted by Gasteiger charge is -2.40. The number of ether oxygens (including phenoxy) is 1. The Balaban J connectivity index is 1.92. The fraction of sp³-hybridized carbons (Fsp3) is 0.500. The van der Waals surface area contributed by atoms with Gasteiger partial charge in [0.2, 0.25) is 10.0 Å². The molecule has 3 rings (SSSR count). The van der Waals surface area contributed by atoms with Crippen molar-refractivity contribution in [3.05, 3.63) is 24.4 Å². The van der Waals surface area contributed by atoms with Crippen molar-refractivity contribution in [2.45, 2.75) is 35.5 Å². The van der Waals surface area contributed by atoms with Gasteiger partial charge in [-0.3, -0.25) is 0 Å². The quantitative estimate of drug-likeness (QED) is 0.358. The normalized spacial score (nSPS) is 29.4. The molecule has 0 amide bonds. The Bertz CT molecular complexity index is 912. The van der Waals surface area contributed by atoms with E-state index in [4.69, 9.17) is 4.74 Å². The van der Waals surface area contributed by atoms with E-state index in [2.05, 4.69) is 10.3 Å². The number of hydrogen-bond acceptors (Lipinski definition) is 8. The predicted octanol–water partition coefficient (Wildman–Crippen LogP) is -1.37. The molecule has 2 heterocycles. The smallest absolute Gasteiger partial charge is 0.244 e. The van der Waals surface area contributed by atoms with E-state index in [-0.39, 0.29) is 4.90 Å². The summed E-state index contributed by atoms with van der Waals surface area (Å²) >= 11 is 0. The Kier molecular flexibility index (Phi) is 5.45. The number of aromatic amines is 1. The molecule has 2 aromatic rings. The third kappa shape index (κ3) is 3.55. The maximum atomic E-state index is 12.5. The van der Waals surface area contributed by atoms with Crippen molar-refractivity contribution in [2.24, 2.45) is 0 Å². The first-order valence-corrected chi connectivity index (χ1v) is 9.71. The number of benzene rings is 1. The maximum Gasteiger partial charge on any atom is 0.244 e. The van der Waals surface area contributed by atoms with Crippen LogP contribution < -0.4 is 5.32 Å². The Hall–Kier alpha value is -1.73. The maximum absolute atomic E-state index is 12.5. The molecule has 1 saturated heterocycles. The first-order chi connectivity index (χ1) is 12.7. The first-order valence-electron chi connectivity index (χ1n) is 8.27. The lowest BCUT2D eigenvalue weighted by molar-refractivity contribution is -0.221. The molecule has 150 valence electrons. The van der Waals surface area contributed by atoms with Gasteiger partial charge >= 0.3 is 0 Å². The summed E-state index contributed by atoms with van der Waals surface area (Å²) in [4.78, 5) is 2.99. The summed E-state index contributed by atoms with van der Waals surface area (Å²) in [5, 5.41) is 42.4. The highest BCUT2D eigenvalue weighted by Gasteiger charge is 2.43. The molecule has 11 heteroatoms. The third-order valence-electron chi connectivity index (χ3n) is 4.60. The van der Waals surface area contributed by atoms with E-state index in [1.165, 1.54) is 20.3 Å². The summed E-state index contributed by atoms with van der Waals surface area (Å²) in [6.07, 6.45) is -5.15. The second kappa shape index (κ2) is 7.36. The van der Waals surface area contributed by atoms with Gasteiger partial charge in [-0.25, -0.2) is 12.7 Å². The number of fused-ring (bicyclic) bond motifs is 1. The van der Waals surface area contributed by atoms with Crippen molar-refractivity contribution in [1.29, 1.82) is 0 Å². The zero-order chi connectivity index (χ0) is 19.9. The standard InChI is InChI=1S/C16H23N3O7S/c1-19(2)27(24,25)12-6-17-10-4-3-8(5-9(10)12)18-16-15(23)14(22)13(21)11(7-20)26-16/h3-6,11,13-18,20-23H,7H2,1-2H3/t11-,13-,14+,15-,16+/m1/s1. The number of aliphatic hydroxyl groups excluding tert-OH is 4. The Morgan fingerprint density at radius 3 is 2.52 bits per heavy atom. The van der Waals surface area contributed by atoms with Crippen molar-refractivity contribution < 1.29 is 33.6 Å². The average molecular weight is 401 g/mol. The van der Waals surface area contributed by atoms with Gasteiger partial charge in [-0.15, -0.1) is 0 Å². The molecule has 0 spiro atoms. The Morgan fingerprint density at radius 1 is 1.19 bits per heavy atom. The fourth-order valence-electron chi connectivity index (χ4n) is 2.98. The molecule has 1 aliphatic heterocycles. The number of nitrogens with one attached hydrogen (secondary N) is 2.